The smallest absolute Gasteiger partial charge is 0.249 e. The summed E-state index contributed by atoms with van der Waals surface area (Å²) in [5.41, 5.74) is 0. The van der Waals surface area contributed by atoms with Gasteiger partial charge in [0.15, 0.2) is 0 Å². The number of hydrogen-bond acceptors (Lipinski definition) is 4. The van der Waals surface area contributed by atoms with Crippen LogP contribution in [0.15, 0.2) is 24.3 Å². The number of hydrogen-bond donors (Lipinski definition) is 4. The van der Waals surface area contributed by atoms with Crippen molar-refractivity contribution >= 4 is 5.91 Å². The van der Waals surface area contributed by atoms with Crippen LogP contribution in [-0.2, 0) is 4.79 Å². The Balaban J connectivity index is 3.76. The minimum atomic E-state index is -1.10. The van der Waals surface area contributed by atoms with Gasteiger partial charge in [0.25, 0.3) is 0 Å². The molecule has 4 N–H and O–H groups in total. The maximum absolute atomic E-state index is 12.3. The molecular formula is C36H69NO4. The first kappa shape index (κ1) is 39.8. The van der Waals surface area contributed by atoms with Gasteiger partial charge in [0, 0.05) is 0 Å². The van der Waals surface area contributed by atoms with Gasteiger partial charge in [0.2, 0.25) is 5.91 Å². The lowest BCUT2D eigenvalue weighted by Crippen LogP contribution is -2.48. The van der Waals surface area contributed by atoms with Crippen LogP contribution in [0.5, 0.6) is 0 Å². The normalized spacial score (nSPS) is 14.2. The summed E-state index contributed by atoms with van der Waals surface area (Å²) >= 11 is 0. The van der Waals surface area contributed by atoms with Crippen molar-refractivity contribution in [2.45, 2.75) is 193 Å². The monoisotopic (exact) mass is 580 g/mol. The molecule has 0 aliphatic rings. The van der Waals surface area contributed by atoms with E-state index in [0.29, 0.717) is 6.42 Å². The SMILES string of the molecule is CCCCCCCCCCCCCCC/C=C/CC/C=C/C(O)C(CO)NC(=O)C(O)CCCCCCCCCC. The van der Waals surface area contributed by atoms with Crippen LogP contribution in [0.3, 0.4) is 0 Å². The third-order valence-corrected chi connectivity index (χ3v) is 8.04. The Bertz CT molecular complexity index is 606. The van der Waals surface area contributed by atoms with Gasteiger partial charge in [-0.3, -0.25) is 4.79 Å². The van der Waals surface area contributed by atoms with Gasteiger partial charge in [0.1, 0.15) is 6.10 Å². The molecule has 0 radical (unpaired) electrons. The highest BCUT2D eigenvalue weighted by Crippen LogP contribution is 2.14. The van der Waals surface area contributed by atoms with Crippen LogP contribution in [-0.4, -0.2) is 46.1 Å². The molecule has 3 unspecified atom stereocenters. The molecule has 0 aromatic rings. The maximum atomic E-state index is 12.3. The van der Waals surface area contributed by atoms with Gasteiger partial charge in [-0.2, -0.15) is 0 Å². The molecule has 0 saturated heterocycles. The second-order valence-electron chi connectivity index (χ2n) is 12.1. The van der Waals surface area contributed by atoms with Crippen molar-refractivity contribution in [3.05, 3.63) is 24.3 Å². The number of unbranched alkanes of at least 4 members (excludes halogenated alkanes) is 21. The summed E-state index contributed by atoms with van der Waals surface area (Å²) in [6, 6.07) is -0.807. The van der Waals surface area contributed by atoms with Crippen LogP contribution < -0.4 is 5.32 Å². The molecule has 1 amide bonds. The van der Waals surface area contributed by atoms with Crippen molar-refractivity contribution in [2.75, 3.05) is 6.61 Å². The molecule has 0 spiro atoms. The molecule has 0 heterocycles. The Labute approximate surface area is 254 Å². The molecule has 0 aromatic carbocycles. The molecule has 5 heteroatoms. The quantitative estimate of drug-likeness (QED) is 0.0487. The zero-order chi connectivity index (χ0) is 30.2. The van der Waals surface area contributed by atoms with Crippen molar-refractivity contribution in [3.8, 4) is 0 Å². The van der Waals surface area contributed by atoms with E-state index in [1.807, 2.05) is 6.08 Å². The van der Waals surface area contributed by atoms with Crippen LogP contribution in [0.2, 0.25) is 0 Å². The fourth-order valence-corrected chi connectivity index (χ4v) is 5.20. The van der Waals surface area contributed by atoms with Gasteiger partial charge >= 0.3 is 0 Å². The van der Waals surface area contributed by atoms with E-state index in [1.165, 1.54) is 116 Å². The molecule has 41 heavy (non-hydrogen) atoms. The van der Waals surface area contributed by atoms with Crippen LogP contribution in [0.25, 0.3) is 0 Å². The zero-order valence-electron chi connectivity index (χ0n) is 27.2. The third-order valence-electron chi connectivity index (χ3n) is 8.04. The summed E-state index contributed by atoms with van der Waals surface area (Å²) in [6.07, 6.45) is 36.4. The lowest BCUT2D eigenvalue weighted by atomic mass is 10.0. The fraction of sp³-hybridized carbons (Fsp3) is 0.861. The first-order valence-electron chi connectivity index (χ1n) is 17.7. The number of allylic oxidation sites excluding steroid dienone is 3. The van der Waals surface area contributed by atoms with E-state index in [-0.39, 0.29) is 6.61 Å². The van der Waals surface area contributed by atoms with E-state index in [9.17, 15) is 20.1 Å². The van der Waals surface area contributed by atoms with Gasteiger partial charge in [-0.25, -0.2) is 0 Å². The summed E-state index contributed by atoms with van der Waals surface area (Å²) in [5.74, 6) is -0.518. The van der Waals surface area contributed by atoms with Crippen LogP contribution >= 0.6 is 0 Å². The molecule has 242 valence electrons. The minimum absolute atomic E-state index is 0.374. The van der Waals surface area contributed by atoms with Gasteiger partial charge in [0.05, 0.1) is 18.8 Å². The lowest BCUT2D eigenvalue weighted by Gasteiger charge is -2.21. The Hall–Kier alpha value is -1.17. The number of carbonyl (C=O) groups is 1. The minimum Gasteiger partial charge on any atom is -0.394 e. The summed E-state index contributed by atoms with van der Waals surface area (Å²) in [5, 5.41) is 32.7. The first-order chi connectivity index (χ1) is 20.1. The Morgan fingerprint density at radius 3 is 1.49 bits per heavy atom. The van der Waals surface area contributed by atoms with E-state index in [2.05, 4.69) is 31.3 Å². The van der Waals surface area contributed by atoms with Crippen molar-refractivity contribution in [2.24, 2.45) is 0 Å². The molecule has 0 aliphatic heterocycles. The molecular weight excluding hydrogens is 510 g/mol. The van der Waals surface area contributed by atoms with Crippen LogP contribution in [0.1, 0.15) is 174 Å². The molecule has 0 fully saturated rings. The average Bonchev–Trinajstić information content (AvgIpc) is 2.98. The molecule has 5 nitrogen and oxygen atoms in total. The molecule has 0 bridgehead atoms. The third kappa shape index (κ3) is 27.4. The van der Waals surface area contributed by atoms with Crippen molar-refractivity contribution in [1.82, 2.24) is 5.32 Å². The molecule has 0 rings (SSSR count). The standard InChI is InChI=1S/C36H69NO4/c1-3-5-7-9-11-13-14-15-16-17-18-19-20-21-22-23-25-26-28-30-34(39)33(32-38)37-36(41)35(40)31-29-27-24-12-10-8-6-4-2/h22-23,28,30,33-35,38-40H,3-21,24-27,29,31-32H2,1-2H3,(H,37,41)/b23-22+,30-28+. The van der Waals surface area contributed by atoms with E-state index in [0.717, 1.165) is 38.5 Å². The highest BCUT2D eigenvalue weighted by Gasteiger charge is 2.22. The Kier molecular flexibility index (Phi) is 30.9. The molecule has 0 aromatic heterocycles. The highest BCUT2D eigenvalue weighted by molar-refractivity contribution is 5.80. The second kappa shape index (κ2) is 31.8. The highest BCUT2D eigenvalue weighted by atomic mass is 16.3. The number of amides is 1. The van der Waals surface area contributed by atoms with Crippen LogP contribution in [0.4, 0.5) is 0 Å². The number of rotatable bonds is 31. The van der Waals surface area contributed by atoms with Crippen molar-refractivity contribution in [3.63, 3.8) is 0 Å². The fourth-order valence-electron chi connectivity index (χ4n) is 5.20. The number of nitrogens with one attached hydrogen (secondary N) is 1. The van der Waals surface area contributed by atoms with Crippen molar-refractivity contribution in [1.29, 1.82) is 0 Å². The first-order valence-corrected chi connectivity index (χ1v) is 17.7. The number of aliphatic hydroxyl groups is 3. The number of aliphatic hydroxyl groups excluding tert-OH is 3. The van der Waals surface area contributed by atoms with E-state index in [1.54, 1.807) is 6.08 Å². The maximum Gasteiger partial charge on any atom is 0.249 e. The van der Waals surface area contributed by atoms with Crippen LogP contribution in [0, 0.1) is 0 Å². The summed E-state index contributed by atoms with van der Waals surface area (Å²) in [4.78, 5) is 12.3. The largest absolute Gasteiger partial charge is 0.394 e. The van der Waals surface area contributed by atoms with E-state index >= 15 is 0 Å². The molecule has 0 saturated carbocycles. The summed E-state index contributed by atoms with van der Waals surface area (Å²) in [7, 11) is 0. The number of carbonyl (C=O) groups excluding carboxylic acids is 1. The molecule has 3 atom stereocenters. The summed E-state index contributed by atoms with van der Waals surface area (Å²) in [6.45, 7) is 4.11. The topological polar surface area (TPSA) is 89.8 Å². The second-order valence-corrected chi connectivity index (χ2v) is 12.1. The zero-order valence-corrected chi connectivity index (χ0v) is 27.2. The summed E-state index contributed by atoms with van der Waals surface area (Å²) < 4.78 is 0. The Morgan fingerprint density at radius 2 is 1.00 bits per heavy atom. The van der Waals surface area contributed by atoms with Gasteiger partial charge in [-0.05, 0) is 32.1 Å². The van der Waals surface area contributed by atoms with E-state index < -0.39 is 24.2 Å². The van der Waals surface area contributed by atoms with Gasteiger partial charge in [-0.15, -0.1) is 0 Å². The average molecular weight is 580 g/mol. The van der Waals surface area contributed by atoms with Crippen molar-refractivity contribution < 1.29 is 20.1 Å². The van der Waals surface area contributed by atoms with E-state index in [4.69, 9.17) is 0 Å². The Morgan fingerprint density at radius 1 is 0.585 bits per heavy atom. The van der Waals surface area contributed by atoms with Gasteiger partial charge in [-0.1, -0.05) is 167 Å². The lowest BCUT2D eigenvalue weighted by molar-refractivity contribution is -0.131. The van der Waals surface area contributed by atoms with Gasteiger partial charge < -0.3 is 20.6 Å². The molecule has 0 aliphatic carbocycles. The predicted molar refractivity (Wildman–Crippen MR) is 176 cm³/mol. The predicted octanol–water partition coefficient (Wildman–Crippen LogP) is 9.09.